The number of nitrogens with zero attached hydrogens (tertiary/aromatic N) is 4. The number of nitrogens with one attached hydrogen (secondary N) is 1. The molecule has 0 radical (unpaired) electrons. The molecule has 2 heterocycles. The van der Waals surface area contributed by atoms with E-state index in [-0.39, 0.29) is 5.91 Å². The van der Waals surface area contributed by atoms with Gasteiger partial charge in [0.05, 0.1) is 19.8 Å². The molecule has 0 spiro atoms. The van der Waals surface area contributed by atoms with E-state index < -0.39 is 0 Å². The second-order valence-electron chi connectivity index (χ2n) is 6.60. The Kier molecular flexibility index (Phi) is 6.50. The second kappa shape index (κ2) is 9.65. The highest BCUT2D eigenvalue weighted by molar-refractivity contribution is 7.19. The van der Waals surface area contributed by atoms with Crippen LogP contribution in [0.1, 0.15) is 31.1 Å². The van der Waals surface area contributed by atoms with Crippen molar-refractivity contribution in [3.8, 4) is 27.8 Å². The predicted octanol–water partition coefficient (Wildman–Crippen LogP) is 4.30. The quantitative estimate of drug-likeness (QED) is 0.403. The minimum Gasteiger partial charge on any atom is -0.490 e. The van der Waals surface area contributed by atoms with Crippen LogP contribution in [-0.2, 0) is 0 Å². The summed E-state index contributed by atoms with van der Waals surface area (Å²) >= 11 is 1.44. The van der Waals surface area contributed by atoms with Crippen molar-refractivity contribution in [2.45, 2.75) is 20.8 Å². The molecule has 10 heteroatoms. The van der Waals surface area contributed by atoms with E-state index in [2.05, 4.69) is 20.6 Å². The van der Waals surface area contributed by atoms with Crippen LogP contribution >= 0.6 is 11.3 Å². The minimum absolute atomic E-state index is 0.276. The summed E-state index contributed by atoms with van der Waals surface area (Å²) in [5.41, 5.74) is 2.00. The normalized spacial score (nSPS) is 10.8. The average Bonchev–Trinajstić information content (AvgIpc) is 3.39. The van der Waals surface area contributed by atoms with E-state index in [4.69, 9.17) is 14.2 Å². The van der Waals surface area contributed by atoms with Crippen molar-refractivity contribution in [1.29, 1.82) is 0 Å². The van der Waals surface area contributed by atoms with Gasteiger partial charge in [-0.25, -0.2) is 0 Å². The number of aromatic nitrogens is 4. The van der Waals surface area contributed by atoms with Crippen LogP contribution in [0.4, 0.5) is 5.69 Å². The van der Waals surface area contributed by atoms with Crippen molar-refractivity contribution >= 4 is 27.9 Å². The Hall–Kier alpha value is -3.66. The first kappa shape index (κ1) is 21.6. The van der Waals surface area contributed by atoms with Crippen LogP contribution in [0.25, 0.3) is 15.5 Å². The number of carbonyl (C=O) groups is 1. The number of amides is 1. The van der Waals surface area contributed by atoms with Crippen molar-refractivity contribution < 1.29 is 19.0 Å². The van der Waals surface area contributed by atoms with Crippen LogP contribution in [0.2, 0.25) is 0 Å². The van der Waals surface area contributed by atoms with Crippen LogP contribution in [-0.4, -0.2) is 45.5 Å². The van der Waals surface area contributed by atoms with Gasteiger partial charge in [-0.15, -0.1) is 10.2 Å². The van der Waals surface area contributed by atoms with Gasteiger partial charge < -0.3 is 19.5 Å². The molecule has 1 N–H and O–H groups in total. The molecule has 2 aromatic carbocycles. The van der Waals surface area contributed by atoms with Crippen LogP contribution in [0.3, 0.4) is 0 Å². The number of carbonyl (C=O) groups excluding carboxylic acids is 1. The molecule has 0 atom stereocenters. The van der Waals surface area contributed by atoms with Gasteiger partial charge in [0.2, 0.25) is 10.7 Å². The molecule has 166 valence electrons. The molecule has 1 amide bonds. The fraction of sp³-hybridized carbons (Fsp3) is 0.273. The fourth-order valence-electron chi connectivity index (χ4n) is 3.10. The average molecular weight is 454 g/mol. The molecule has 0 aliphatic rings. The molecule has 4 rings (SSSR count). The summed E-state index contributed by atoms with van der Waals surface area (Å²) in [6.07, 6.45) is 1.56. The summed E-state index contributed by atoms with van der Waals surface area (Å²) in [5, 5.41) is 16.0. The Morgan fingerprint density at radius 2 is 1.66 bits per heavy atom. The predicted molar refractivity (Wildman–Crippen MR) is 122 cm³/mol. The smallest absolute Gasteiger partial charge is 0.255 e. The zero-order valence-corrected chi connectivity index (χ0v) is 18.8. The lowest BCUT2D eigenvalue weighted by molar-refractivity contribution is 0.102. The summed E-state index contributed by atoms with van der Waals surface area (Å²) in [6.45, 7) is 6.98. The summed E-state index contributed by atoms with van der Waals surface area (Å²) in [4.78, 5) is 13.7. The van der Waals surface area contributed by atoms with Crippen LogP contribution in [0, 0.1) is 0 Å². The zero-order valence-electron chi connectivity index (χ0n) is 18.0. The monoisotopic (exact) mass is 453 g/mol. The first-order valence-corrected chi connectivity index (χ1v) is 11.1. The standard InChI is InChI=1S/C22H23N5O4S/c1-4-29-17-11-15(12-18(30-5-2)19(17)31-6-3)20(28)24-16-9-7-14(8-10-16)21-26-27-13-23-25-22(27)32-21/h7-13H,4-6H2,1-3H3,(H,24,28). The van der Waals surface area contributed by atoms with Gasteiger partial charge in [-0.05, 0) is 57.2 Å². The number of rotatable bonds is 9. The topological polar surface area (TPSA) is 99.9 Å². The maximum atomic E-state index is 12.9. The number of hydrogen-bond donors (Lipinski definition) is 1. The van der Waals surface area contributed by atoms with Crippen LogP contribution in [0.15, 0.2) is 42.7 Å². The maximum absolute atomic E-state index is 12.9. The largest absolute Gasteiger partial charge is 0.490 e. The van der Waals surface area contributed by atoms with Crippen molar-refractivity contribution in [2.75, 3.05) is 25.1 Å². The molecular weight excluding hydrogens is 430 g/mol. The lowest BCUT2D eigenvalue weighted by Gasteiger charge is -2.17. The van der Waals surface area contributed by atoms with E-state index in [1.165, 1.54) is 11.3 Å². The fourth-order valence-corrected chi connectivity index (χ4v) is 3.92. The number of ether oxygens (including phenoxy) is 3. The van der Waals surface area contributed by atoms with Gasteiger partial charge in [-0.3, -0.25) is 4.79 Å². The van der Waals surface area contributed by atoms with Gasteiger partial charge in [-0.1, -0.05) is 11.3 Å². The molecule has 0 bridgehead atoms. The first-order valence-electron chi connectivity index (χ1n) is 10.3. The van der Waals surface area contributed by atoms with Gasteiger partial charge >= 0.3 is 0 Å². The molecule has 0 aliphatic carbocycles. The second-order valence-corrected chi connectivity index (χ2v) is 7.55. The van der Waals surface area contributed by atoms with Gasteiger partial charge in [0.25, 0.3) is 5.91 Å². The maximum Gasteiger partial charge on any atom is 0.255 e. The van der Waals surface area contributed by atoms with E-state index in [0.717, 1.165) is 15.5 Å². The van der Waals surface area contributed by atoms with Gasteiger partial charge in [0.1, 0.15) is 11.3 Å². The van der Waals surface area contributed by atoms with Gasteiger partial charge in [0.15, 0.2) is 11.5 Å². The molecular formula is C22H23N5O4S. The molecule has 0 aliphatic heterocycles. The highest BCUT2D eigenvalue weighted by Gasteiger charge is 2.18. The highest BCUT2D eigenvalue weighted by Crippen LogP contribution is 2.39. The third-order valence-electron chi connectivity index (χ3n) is 4.45. The SMILES string of the molecule is CCOc1cc(C(=O)Nc2ccc(-c3nn4cnnc4s3)cc2)cc(OCC)c1OCC. The molecule has 0 saturated carbocycles. The van der Waals surface area contributed by atoms with Crippen molar-refractivity contribution in [3.63, 3.8) is 0 Å². The highest BCUT2D eigenvalue weighted by atomic mass is 32.1. The first-order chi connectivity index (χ1) is 15.6. The third-order valence-corrected chi connectivity index (χ3v) is 5.41. The van der Waals surface area contributed by atoms with Crippen LogP contribution < -0.4 is 19.5 Å². The lowest BCUT2D eigenvalue weighted by atomic mass is 10.1. The van der Waals surface area contributed by atoms with Gasteiger partial charge in [0, 0.05) is 16.8 Å². The Balaban J connectivity index is 1.55. The molecule has 32 heavy (non-hydrogen) atoms. The lowest BCUT2D eigenvalue weighted by Crippen LogP contribution is -2.13. The molecule has 0 saturated heterocycles. The number of anilines is 1. The van der Waals surface area contributed by atoms with Gasteiger partial charge in [-0.2, -0.15) is 9.61 Å². The van der Waals surface area contributed by atoms with Crippen molar-refractivity contribution in [3.05, 3.63) is 48.3 Å². The minimum atomic E-state index is -0.276. The number of fused-ring (bicyclic) bond motifs is 1. The van der Waals surface area contributed by atoms with Crippen molar-refractivity contribution in [1.82, 2.24) is 19.8 Å². The summed E-state index contributed by atoms with van der Waals surface area (Å²) in [7, 11) is 0. The van der Waals surface area contributed by atoms with E-state index in [0.29, 0.717) is 48.3 Å². The Bertz CT molecular complexity index is 1160. The van der Waals surface area contributed by atoms with E-state index in [1.54, 1.807) is 23.0 Å². The van der Waals surface area contributed by atoms with Crippen molar-refractivity contribution in [2.24, 2.45) is 0 Å². The Morgan fingerprint density at radius 1 is 1.00 bits per heavy atom. The Labute approximate surface area is 189 Å². The summed E-state index contributed by atoms with van der Waals surface area (Å²) in [6, 6.07) is 10.8. The third kappa shape index (κ3) is 4.50. The summed E-state index contributed by atoms with van der Waals surface area (Å²) < 4.78 is 18.7. The number of hydrogen-bond acceptors (Lipinski definition) is 8. The van der Waals surface area contributed by atoms with E-state index in [1.807, 2.05) is 45.0 Å². The molecule has 0 unspecified atom stereocenters. The zero-order chi connectivity index (χ0) is 22.5. The summed E-state index contributed by atoms with van der Waals surface area (Å²) in [5.74, 6) is 1.18. The molecule has 0 fully saturated rings. The molecule has 4 aromatic rings. The number of benzene rings is 2. The van der Waals surface area contributed by atoms with Crippen LogP contribution in [0.5, 0.6) is 17.2 Å². The molecule has 9 nitrogen and oxygen atoms in total. The Morgan fingerprint density at radius 3 is 2.25 bits per heavy atom. The van der Waals surface area contributed by atoms with E-state index >= 15 is 0 Å². The molecule has 2 aromatic heterocycles. The van der Waals surface area contributed by atoms with E-state index in [9.17, 15) is 4.79 Å².